The predicted octanol–water partition coefficient (Wildman–Crippen LogP) is 21.4. The van der Waals surface area contributed by atoms with Crippen LogP contribution in [-0.4, -0.2) is 37.2 Å². The lowest BCUT2D eigenvalue weighted by Crippen LogP contribution is -2.30. The number of ether oxygens (including phenoxy) is 3. The molecule has 0 N–H and O–H groups in total. The Morgan fingerprint density at radius 2 is 0.520 bits per heavy atom. The van der Waals surface area contributed by atoms with E-state index in [1.165, 1.54) is 128 Å². The monoisotopic (exact) mass is 1040 g/mol. The number of carbonyl (C=O) groups is 3. The molecular weight excluding hydrogens is 925 g/mol. The molecule has 0 aliphatic carbocycles. The quantitative estimate of drug-likeness (QED) is 0.0261. The molecule has 0 saturated heterocycles. The van der Waals surface area contributed by atoms with Crippen LogP contribution >= 0.6 is 0 Å². The highest BCUT2D eigenvalue weighted by Crippen LogP contribution is 2.16. The summed E-state index contributed by atoms with van der Waals surface area (Å²) in [5, 5.41) is 0. The SMILES string of the molecule is CC/C=C\C/C=C\C/C=C\C/C=C\C/C=C\CCCCCCCCCCCCCCCCCC(=O)OCC(COC(=O)CCCCCCC/C=C\CCCCCC)OC(=O)CCCCC/C=C\C/C=C\C/C=C\CC. The summed E-state index contributed by atoms with van der Waals surface area (Å²) in [5.41, 5.74) is 0. The van der Waals surface area contributed by atoms with Crippen molar-refractivity contribution in [3.63, 3.8) is 0 Å². The Morgan fingerprint density at radius 3 is 0.840 bits per heavy atom. The van der Waals surface area contributed by atoms with Crippen LogP contribution in [0.5, 0.6) is 0 Å². The van der Waals surface area contributed by atoms with Crippen molar-refractivity contribution in [3.8, 4) is 0 Å². The fourth-order valence-electron chi connectivity index (χ4n) is 8.60. The first-order valence-corrected chi connectivity index (χ1v) is 31.4. The summed E-state index contributed by atoms with van der Waals surface area (Å²) in [6.45, 7) is 6.37. The summed E-state index contributed by atoms with van der Waals surface area (Å²) in [5.74, 6) is -0.926. The molecule has 0 aliphatic rings. The summed E-state index contributed by atoms with van der Waals surface area (Å²) >= 11 is 0. The molecule has 0 aromatic carbocycles. The molecule has 75 heavy (non-hydrogen) atoms. The second-order valence-corrected chi connectivity index (χ2v) is 20.5. The first kappa shape index (κ1) is 71.1. The summed E-state index contributed by atoms with van der Waals surface area (Å²) in [4.78, 5) is 38.2. The molecule has 0 radical (unpaired) electrons. The van der Waals surface area contributed by atoms with Crippen molar-refractivity contribution in [2.75, 3.05) is 13.2 Å². The number of rotatable bonds is 56. The van der Waals surface area contributed by atoms with Gasteiger partial charge in [0.25, 0.3) is 0 Å². The number of unbranched alkanes of at least 4 members (excludes halogenated alkanes) is 27. The zero-order valence-corrected chi connectivity index (χ0v) is 49.0. The minimum Gasteiger partial charge on any atom is -0.462 e. The Morgan fingerprint density at radius 1 is 0.280 bits per heavy atom. The van der Waals surface area contributed by atoms with Gasteiger partial charge in [-0.25, -0.2) is 0 Å². The smallest absolute Gasteiger partial charge is 0.306 e. The van der Waals surface area contributed by atoms with Crippen molar-refractivity contribution in [1.29, 1.82) is 0 Å². The van der Waals surface area contributed by atoms with Crippen LogP contribution in [-0.2, 0) is 28.6 Å². The normalized spacial score (nSPS) is 12.8. The molecule has 0 aliphatic heterocycles. The molecule has 0 fully saturated rings. The van der Waals surface area contributed by atoms with E-state index < -0.39 is 6.10 Å². The molecule has 0 rings (SSSR count). The van der Waals surface area contributed by atoms with Gasteiger partial charge in [0, 0.05) is 19.3 Å². The average molecular weight is 1040 g/mol. The molecule has 428 valence electrons. The fraction of sp³-hybridized carbons (Fsp3) is 0.696. The Labute approximate surface area is 463 Å². The molecule has 1 unspecified atom stereocenters. The van der Waals surface area contributed by atoms with Gasteiger partial charge in [0.1, 0.15) is 13.2 Å². The van der Waals surface area contributed by atoms with Gasteiger partial charge >= 0.3 is 17.9 Å². The van der Waals surface area contributed by atoms with Crippen LogP contribution in [0.4, 0.5) is 0 Å². The summed E-state index contributed by atoms with van der Waals surface area (Å²) in [6, 6.07) is 0. The molecule has 0 saturated carbocycles. The van der Waals surface area contributed by atoms with E-state index in [4.69, 9.17) is 14.2 Å². The Kier molecular flexibility index (Phi) is 59.3. The number of allylic oxidation sites excluding steroid dienone is 18. The topological polar surface area (TPSA) is 78.9 Å². The second-order valence-electron chi connectivity index (χ2n) is 20.5. The average Bonchev–Trinajstić information content (AvgIpc) is 3.41. The summed E-state index contributed by atoms with van der Waals surface area (Å²) in [7, 11) is 0. The number of hydrogen-bond acceptors (Lipinski definition) is 6. The second kappa shape index (κ2) is 62.6. The maximum absolute atomic E-state index is 12.8. The first-order chi connectivity index (χ1) is 37.0. The van der Waals surface area contributed by atoms with Crippen molar-refractivity contribution < 1.29 is 28.6 Å². The van der Waals surface area contributed by atoms with Crippen molar-refractivity contribution in [1.82, 2.24) is 0 Å². The molecule has 0 heterocycles. The zero-order chi connectivity index (χ0) is 54.3. The van der Waals surface area contributed by atoms with Crippen LogP contribution in [0.3, 0.4) is 0 Å². The third-order valence-corrected chi connectivity index (χ3v) is 13.2. The van der Waals surface area contributed by atoms with Gasteiger partial charge < -0.3 is 14.2 Å². The Hall–Kier alpha value is -3.93. The van der Waals surface area contributed by atoms with Crippen LogP contribution in [0.1, 0.15) is 290 Å². The third kappa shape index (κ3) is 60.8. The van der Waals surface area contributed by atoms with Gasteiger partial charge in [-0.3, -0.25) is 14.4 Å². The maximum Gasteiger partial charge on any atom is 0.306 e. The van der Waals surface area contributed by atoms with Crippen molar-refractivity contribution in [3.05, 3.63) is 109 Å². The van der Waals surface area contributed by atoms with E-state index >= 15 is 0 Å². The molecule has 1 atom stereocenters. The van der Waals surface area contributed by atoms with Crippen LogP contribution in [0.2, 0.25) is 0 Å². The third-order valence-electron chi connectivity index (χ3n) is 13.2. The van der Waals surface area contributed by atoms with Gasteiger partial charge in [-0.05, 0) is 122 Å². The highest BCUT2D eigenvalue weighted by atomic mass is 16.6. The molecule has 0 aromatic rings. The van der Waals surface area contributed by atoms with Gasteiger partial charge in [-0.15, -0.1) is 0 Å². The molecule has 0 aromatic heterocycles. The van der Waals surface area contributed by atoms with E-state index in [2.05, 4.69) is 130 Å². The van der Waals surface area contributed by atoms with E-state index in [1.54, 1.807) is 0 Å². The molecule has 0 amide bonds. The standard InChI is InChI=1S/C69H116O6/c1-4-7-10-13-16-19-22-25-26-27-28-29-30-31-32-33-34-35-36-37-38-39-40-41-42-45-47-50-53-56-59-62-68(71)74-65-66(75-69(72)63-60-57-54-51-48-44-24-21-18-15-12-9-6-3)64-73-67(70)61-58-55-52-49-46-43-23-20-17-14-11-8-5-2/h7,9-10,12,16,18-21,23,25-26,28-29,31-32,44,48,66H,4-6,8,11,13-15,17,22,24,27,30,33-43,45-47,49-65H2,1-3H3/b10-7-,12-9-,19-16-,21-18-,23-20-,26-25-,29-28-,32-31-,48-44-. The largest absolute Gasteiger partial charge is 0.462 e. The van der Waals surface area contributed by atoms with Crippen molar-refractivity contribution in [2.45, 2.75) is 297 Å². The summed E-state index contributed by atoms with van der Waals surface area (Å²) < 4.78 is 16.8. The fourth-order valence-corrected chi connectivity index (χ4v) is 8.60. The number of carbonyl (C=O) groups excluding carboxylic acids is 3. The van der Waals surface area contributed by atoms with Crippen molar-refractivity contribution >= 4 is 17.9 Å². The molecule has 6 nitrogen and oxygen atoms in total. The molecule has 0 bridgehead atoms. The predicted molar refractivity (Wildman–Crippen MR) is 325 cm³/mol. The molecule has 6 heteroatoms. The van der Waals surface area contributed by atoms with Crippen LogP contribution in [0.15, 0.2) is 109 Å². The van der Waals surface area contributed by atoms with Crippen LogP contribution < -0.4 is 0 Å². The van der Waals surface area contributed by atoms with E-state index in [0.717, 1.165) is 122 Å². The minimum absolute atomic E-state index is 0.0917. The molecule has 0 spiro atoms. The number of hydrogen-bond donors (Lipinski definition) is 0. The van der Waals surface area contributed by atoms with Gasteiger partial charge in [0.2, 0.25) is 0 Å². The first-order valence-electron chi connectivity index (χ1n) is 31.4. The van der Waals surface area contributed by atoms with Gasteiger partial charge in [-0.2, -0.15) is 0 Å². The van der Waals surface area contributed by atoms with Gasteiger partial charge in [0.15, 0.2) is 6.10 Å². The summed E-state index contributed by atoms with van der Waals surface area (Å²) in [6.07, 6.45) is 85.4. The van der Waals surface area contributed by atoms with Crippen LogP contribution in [0.25, 0.3) is 0 Å². The number of esters is 3. The maximum atomic E-state index is 12.8. The van der Waals surface area contributed by atoms with E-state index in [-0.39, 0.29) is 31.1 Å². The van der Waals surface area contributed by atoms with Crippen molar-refractivity contribution in [2.24, 2.45) is 0 Å². The highest BCUT2D eigenvalue weighted by molar-refractivity contribution is 5.71. The minimum atomic E-state index is -0.797. The van der Waals surface area contributed by atoms with Gasteiger partial charge in [-0.1, -0.05) is 259 Å². The van der Waals surface area contributed by atoms with E-state index in [0.29, 0.717) is 19.3 Å². The van der Waals surface area contributed by atoms with Gasteiger partial charge in [0.05, 0.1) is 0 Å². The van der Waals surface area contributed by atoms with E-state index in [1.807, 2.05) is 0 Å². The lowest BCUT2D eigenvalue weighted by molar-refractivity contribution is -0.167. The lowest BCUT2D eigenvalue weighted by atomic mass is 10.0. The Balaban J connectivity index is 4.19. The zero-order valence-electron chi connectivity index (χ0n) is 49.0. The molecular formula is C69H116O6. The van der Waals surface area contributed by atoms with E-state index in [9.17, 15) is 14.4 Å². The van der Waals surface area contributed by atoms with Crippen LogP contribution in [0, 0.1) is 0 Å². The highest BCUT2D eigenvalue weighted by Gasteiger charge is 2.19. The Bertz CT molecular complexity index is 1520. The lowest BCUT2D eigenvalue weighted by Gasteiger charge is -2.18.